The molecular weight excluding hydrogens is 885 g/mol. The quantitative estimate of drug-likeness (QED) is 0.0769. The topological polar surface area (TPSA) is 134 Å². The fourth-order valence-electron chi connectivity index (χ4n) is 9.87. The lowest BCUT2D eigenvalue weighted by Crippen LogP contribution is -2.44. The third-order valence-corrected chi connectivity index (χ3v) is 14.4. The van der Waals surface area contributed by atoms with Crippen molar-refractivity contribution < 1.29 is 39.5 Å². The summed E-state index contributed by atoms with van der Waals surface area (Å²) in [6, 6.07) is 11.9. The summed E-state index contributed by atoms with van der Waals surface area (Å²) >= 11 is 0. The first-order valence-electron chi connectivity index (χ1n) is 25.8. The second-order valence-electron chi connectivity index (χ2n) is 27.3. The van der Waals surface area contributed by atoms with Crippen LogP contribution in [0, 0.1) is 33.1 Å². The van der Waals surface area contributed by atoms with Crippen LogP contribution in [0.25, 0.3) is 0 Å². The van der Waals surface area contributed by atoms with Crippen LogP contribution in [0.2, 0.25) is 0 Å². The van der Waals surface area contributed by atoms with Crippen molar-refractivity contribution in [1.29, 1.82) is 0 Å². The summed E-state index contributed by atoms with van der Waals surface area (Å²) in [5, 5.41) is 46.6. The van der Waals surface area contributed by atoms with E-state index < -0.39 is 23.6 Å². The molecule has 0 bridgehead atoms. The van der Waals surface area contributed by atoms with Crippen LogP contribution in [0.4, 0.5) is 0 Å². The summed E-state index contributed by atoms with van der Waals surface area (Å²) in [5.41, 5.74) is 8.28. The highest BCUT2D eigenvalue weighted by Gasteiger charge is 2.43. The molecule has 0 aromatic heterocycles. The van der Waals surface area contributed by atoms with Crippen LogP contribution in [-0.2, 0) is 77.2 Å². The standard InChI is InChI=1S/C63H92O8/c1-36-28-44(57(5,6)7)52(66)38(3)42(36)34-63(23,35-43-37(2)29-45(58(8,9)10)53(67)39(43)4)56(70-50(64)26-24-40-30-46(59(11,12)13)54(68)47(31-40)60(14,15)16)71-51(65)27-25-41-32-48(61(17,18)19)55(69)49(33-41)62(20,21)22/h28-33,56,66-69H,24-27,34-35H2,1-23H3. The molecule has 0 aliphatic heterocycles. The molecule has 0 aliphatic carbocycles. The number of ether oxygens (including phenoxy) is 2. The molecule has 71 heavy (non-hydrogen) atoms. The molecule has 0 heterocycles. The number of aryl methyl sites for hydroxylation is 4. The van der Waals surface area contributed by atoms with Crippen LogP contribution in [0.1, 0.15) is 222 Å². The Balaban J connectivity index is 1.93. The number of benzene rings is 4. The molecule has 0 atom stereocenters. The molecule has 8 heteroatoms. The van der Waals surface area contributed by atoms with Crippen molar-refractivity contribution in [3.63, 3.8) is 0 Å². The molecule has 4 aromatic rings. The summed E-state index contributed by atoms with van der Waals surface area (Å²) in [5.74, 6) is -0.203. The third kappa shape index (κ3) is 13.8. The van der Waals surface area contributed by atoms with Gasteiger partial charge in [0.05, 0.1) is 0 Å². The fourth-order valence-corrected chi connectivity index (χ4v) is 9.87. The van der Waals surface area contributed by atoms with E-state index >= 15 is 0 Å². The molecule has 4 rings (SSSR count). The van der Waals surface area contributed by atoms with Gasteiger partial charge in [0.2, 0.25) is 0 Å². The van der Waals surface area contributed by atoms with E-state index in [-0.39, 0.29) is 81.2 Å². The third-order valence-electron chi connectivity index (χ3n) is 14.4. The Morgan fingerprint density at radius 1 is 0.408 bits per heavy atom. The number of hydrogen-bond donors (Lipinski definition) is 4. The number of esters is 2. The molecule has 0 saturated carbocycles. The number of carbonyl (C=O) groups excluding carboxylic acids is 2. The van der Waals surface area contributed by atoms with Crippen LogP contribution < -0.4 is 0 Å². The lowest BCUT2D eigenvalue weighted by Gasteiger charge is -2.39. The SMILES string of the molecule is Cc1cc(C(C)(C)C)c(O)c(C)c1CC(C)(Cc1c(C)cc(C(C)(C)C)c(O)c1C)C(OC(=O)CCc1cc(C(C)(C)C)c(O)c(C(C)(C)C)c1)OC(=O)CCc1cc(C(C)(C)C)c(O)c(C(C)(C)C)c1. The smallest absolute Gasteiger partial charge is 0.309 e. The summed E-state index contributed by atoms with van der Waals surface area (Å²) in [6.45, 7) is 46.9. The zero-order valence-electron chi connectivity index (χ0n) is 48.2. The van der Waals surface area contributed by atoms with Crippen molar-refractivity contribution in [2.75, 3.05) is 0 Å². The van der Waals surface area contributed by atoms with Gasteiger partial charge in [-0.3, -0.25) is 9.59 Å². The Morgan fingerprint density at radius 2 is 0.648 bits per heavy atom. The summed E-state index contributed by atoms with van der Waals surface area (Å²) in [6.07, 6.45) is -0.333. The molecule has 0 fully saturated rings. The first kappa shape index (κ1) is 58.6. The van der Waals surface area contributed by atoms with Crippen molar-refractivity contribution in [2.24, 2.45) is 5.41 Å². The zero-order chi connectivity index (χ0) is 54.5. The first-order chi connectivity index (χ1) is 32.0. The van der Waals surface area contributed by atoms with Gasteiger partial charge < -0.3 is 29.9 Å². The molecule has 0 aliphatic rings. The Labute approximate surface area is 429 Å². The van der Waals surface area contributed by atoms with Crippen molar-refractivity contribution in [2.45, 2.75) is 237 Å². The number of phenols is 4. The molecule has 392 valence electrons. The van der Waals surface area contributed by atoms with Crippen molar-refractivity contribution in [3.8, 4) is 23.0 Å². The number of rotatable bonds is 13. The molecule has 8 nitrogen and oxygen atoms in total. The highest BCUT2D eigenvalue weighted by atomic mass is 16.7. The van der Waals surface area contributed by atoms with Crippen molar-refractivity contribution in [1.82, 2.24) is 0 Å². The van der Waals surface area contributed by atoms with Crippen molar-refractivity contribution >= 4 is 11.9 Å². The van der Waals surface area contributed by atoms with Crippen LogP contribution in [-0.4, -0.2) is 38.7 Å². The van der Waals surface area contributed by atoms with Gasteiger partial charge in [-0.15, -0.1) is 0 Å². The predicted octanol–water partition coefficient (Wildman–Crippen LogP) is 15.0. The second kappa shape index (κ2) is 20.5. The van der Waals surface area contributed by atoms with Gasteiger partial charge in [0.15, 0.2) is 0 Å². The molecule has 0 radical (unpaired) electrons. The van der Waals surface area contributed by atoms with E-state index in [9.17, 15) is 30.0 Å². The molecule has 0 unspecified atom stereocenters. The summed E-state index contributed by atoms with van der Waals surface area (Å²) in [7, 11) is 0. The van der Waals surface area contributed by atoms with Gasteiger partial charge in [-0.1, -0.05) is 168 Å². The molecule has 0 saturated heterocycles. The Kier molecular flexibility index (Phi) is 16.9. The van der Waals surface area contributed by atoms with Gasteiger partial charge in [-0.2, -0.15) is 0 Å². The monoisotopic (exact) mass is 977 g/mol. The van der Waals surface area contributed by atoms with Crippen LogP contribution in [0.5, 0.6) is 23.0 Å². The van der Waals surface area contributed by atoms with Gasteiger partial charge >= 0.3 is 11.9 Å². The Morgan fingerprint density at radius 3 is 0.887 bits per heavy atom. The minimum atomic E-state index is -1.40. The van der Waals surface area contributed by atoms with Gasteiger partial charge in [-0.25, -0.2) is 0 Å². The lowest BCUT2D eigenvalue weighted by molar-refractivity contribution is -0.211. The maximum absolute atomic E-state index is 14.6. The number of phenolic OH excluding ortho intramolecular Hbond substituents is 4. The van der Waals surface area contributed by atoms with E-state index in [4.69, 9.17) is 9.47 Å². The second-order valence-corrected chi connectivity index (χ2v) is 27.3. The van der Waals surface area contributed by atoms with E-state index in [2.05, 4.69) is 125 Å². The molecule has 4 N–H and O–H groups in total. The van der Waals surface area contributed by atoms with Gasteiger partial charge in [-0.05, 0) is 164 Å². The fraction of sp³-hybridized carbons (Fsp3) is 0.587. The maximum atomic E-state index is 14.6. The summed E-state index contributed by atoms with van der Waals surface area (Å²) < 4.78 is 13.1. The average molecular weight is 977 g/mol. The maximum Gasteiger partial charge on any atom is 0.309 e. The van der Waals surface area contributed by atoms with Crippen LogP contribution in [0.3, 0.4) is 0 Å². The lowest BCUT2D eigenvalue weighted by atomic mass is 9.72. The number of hydrogen-bond acceptors (Lipinski definition) is 8. The summed E-state index contributed by atoms with van der Waals surface area (Å²) in [4.78, 5) is 29.2. The van der Waals surface area contributed by atoms with Gasteiger partial charge in [0.25, 0.3) is 6.29 Å². The van der Waals surface area contributed by atoms with E-state index in [0.717, 1.165) is 66.8 Å². The normalized spacial score (nSPS) is 13.2. The molecule has 0 spiro atoms. The van der Waals surface area contributed by atoms with E-state index in [1.165, 1.54) is 0 Å². The van der Waals surface area contributed by atoms with Crippen molar-refractivity contribution in [3.05, 3.63) is 114 Å². The van der Waals surface area contributed by atoms with E-state index in [0.29, 0.717) is 24.0 Å². The minimum absolute atomic E-state index is 0.0288. The average Bonchev–Trinajstić information content (AvgIpc) is 3.20. The molecule has 0 amide bonds. The Hall–Kier alpha value is -4.98. The zero-order valence-corrected chi connectivity index (χ0v) is 48.2. The highest BCUT2D eigenvalue weighted by molar-refractivity contribution is 5.72. The van der Waals surface area contributed by atoms with Crippen LogP contribution >= 0.6 is 0 Å². The highest BCUT2D eigenvalue weighted by Crippen LogP contribution is 2.46. The number of carbonyl (C=O) groups is 2. The predicted molar refractivity (Wildman–Crippen MR) is 292 cm³/mol. The Bertz CT molecular complexity index is 2370. The largest absolute Gasteiger partial charge is 0.507 e. The van der Waals surface area contributed by atoms with Gasteiger partial charge in [0.1, 0.15) is 23.0 Å². The van der Waals surface area contributed by atoms with E-state index in [1.54, 1.807) is 0 Å². The molecule has 4 aromatic carbocycles. The first-order valence-corrected chi connectivity index (χ1v) is 25.8. The van der Waals surface area contributed by atoms with E-state index in [1.807, 2.05) is 71.0 Å². The minimum Gasteiger partial charge on any atom is -0.507 e. The molecular formula is C63H92O8. The van der Waals surface area contributed by atoms with Gasteiger partial charge in [0, 0.05) is 18.3 Å². The van der Waals surface area contributed by atoms with Crippen LogP contribution in [0.15, 0.2) is 36.4 Å². The number of aromatic hydroxyl groups is 4.